The van der Waals surface area contributed by atoms with Crippen LogP contribution < -0.4 is 5.32 Å². The molecule has 2 heterocycles. The molecule has 0 aliphatic carbocycles. The van der Waals surface area contributed by atoms with Crippen molar-refractivity contribution in [2.45, 2.75) is 39.2 Å². The molecule has 1 aromatic rings. The molecule has 2 rings (SSSR count). The number of aryl methyl sites for hydroxylation is 2. The SMILES string of the molecule is Cc1cc(CC2CCCN2)cc(C)n1. The predicted molar refractivity (Wildman–Crippen MR) is 58.4 cm³/mol. The van der Waals surface area contributed by atoms with Crippen molar-refractivity contribution in [3.8, 4) is 0 Å². The summed E-state index contributed by atoms with van der Waals surface area (Å²) in [4.78, 5) is 4.39. The Morgan fingerprint density at radius 1 is 1.36 bits per heavy atom. The summed E-state index contributed by atoms with van der Waals surface area (Å²) in [5, 5.41) is 3.52. The topological polar surface area (TPSA) is 24.9 Å². The van der Waals surface area contributed by atoms with Crippen molar-refractivity contribution >= 4 is 0 Å². The van der Waals surface area contributed by atoms with Crippen LogP contribution in [0.1, 0.15) is 29.8 Å². The highest BCUT2D eigenvalue weighted by Crippen LogP contribution is 2.13. The van der Waals surface area contributed by atoms with E-state index in [0.29, 0.717) is 6.04 Å². The van der Waals surface area contributed by atoms with Gasteiger partial charge in [0.05, 0.1) is 0 Å². The summed E-state index contributed by atoms with van der Waals surface area (Å²) in [7, 11) is 0. The van der Waals surface area contributed by atoms with E-state index in [4.69, 9.17) is 0 Å². The van der Waals surface area contributed by atoms with E-state index < -0.39 is 0 Å². The minimum Gasteiger partial charge on any atom is -0.314 e. The first-order chi connectivity index (χ1) is 6.74. The summed E-state index contributed by atoms with van der Waals surface area (Å²) in [6, 6.07) is 5.09. The Balaban J connectivity index is 2.07. The minimum atomic E-state index is 0.691. The Morgan fingerprint density at radius 2 is 2.07 bits per heavy atom. The molecule has 2 nitrogen and oxygen atoms in total. The normalized spacial score (nSPS) is 21.4. The van der Waals surface area contributed by atoms with Crippen molar-refractivity contribution in [1.82, 2.24) is 10.3 Å². The molecule has 1 N–H and O–H groups in total. The first-order valence-electron chi connectivity index (χ1n) is 5.41. The number of aromatic nitrogens is 1. The van der Waals surface area contributed by atoms with Gasteiger partial charge in [0.1, 0.15) is 0 Å². The maximum absolute atomic E-state index is 4.39. The molecule has 0 aromatic carbocycles. The van der Waals surface area contributed by atoms with Crippen molar-refractivity contribution in [1.29, 1.82) is 0 Å². The molecular formula is C12H18N2. The van der Waals surface area contributed by atoms with Crippen LogP contribution in [0.15, 0.2) is 12.1 Å². The van der Waals surface area contributed by atoms with Crippen molar-refractivity contribution in [2.75, 3.05) is 6.54 Å². The summed E-state index contributed by atoms with van der Waals surface area (Å²) in [5.41, 5.74) is 3.70. The molecule has 1 aliphatic heterocycles. The number of rotatable bonds is 2. The molecule has 1 unspecified atom stereocenters. The maximum atomic E-state index is 4.39. The highest BCUT2D eigenvalue weighted by Gasteiger charge is 2.14. The van der Waals surface area contributed by atoms with Gasteiger partial charge < -0.3 is 5.32 Å². The first kappa shape index (κ1) is 9.66. The van der Waals surface area contributed by atoms with Gasteiger partial charge in [-0.2, -0.15) is 0 Å². The molecule has 1 saturated heterocycles. The van der Waals surface area contributed by atoms with Crippen molar-refractivity contribution in [3.63, 3.8) is 0 Å². The second kappa shape index (κ2) is 4.09. The Morgan fingerprint density at radius 3 is 2.64 bits per heavy atom. The van der Waals surface area contributed by atoms with Crippen LogP contribution in [0.2, 0.25) is 0 Å². The van der Waals surface area contributed by atoms with Gasteiger partial charge in [0.15, 0.2) is 0 Å². The molecule has 0 radical (unpaired) electrons. The van der Waals surface area contributed by atoms with E-state index in [1.807, 2.05) is 0 Å². The number of nitrogens with one attached hydrogen (secondary N) is 1. The van der Waals surface area contributed by atoms with E-state index in [2.05, 4.69) is 36.3 Å². The number of hydrogen-bond donors (Lipinski definition) is 1. The van der Waals surface area contributed by atoms with E-state index in [0.717, 1.165) is 17.8 Å². The molecular weight excluding hydrogens is 172 g/mol. The zero-order chi connectivity index (χ0) is 9.97. The van der Waals surface area contributed by atoms with Gasteiger partial charge in [-0.3, -0.25) is 4.98 Å². The molecule has 0 saturated carbocycles. The standard InChI is InChI=1S/C12H18N2/c1-9-6-11(7-10(2)14-9)8-12-4-3-5-13-12/h6-7,12-13H,3-5,8H2,1-2H3. The van der Waals surface area contributed by atoms with E-state index in [1.165, 1.54) is 24.9 Å². The van der Waals surface area contributed by atoms with E-state index in [-0.39, 0.29) is 0 Å². The number of pyridine rings is 1. The molecule has 2 heteroatoms. The lowest BCUT2D eigenvalue weighted by Gasteiger charge is -2.10. The largest absolute Gasteiger partial charge is 0.314 e. The molecule has 0 amide bonds. The van der Waals surface area contributed by atoms with Crippen LogP contribution in [-0.2, 0) is 6.42 Å². The quantitative estimate of drug-likeness (QED) is 0.771. The van der Waals surface area contributed by atoms with E-state index in [9.17, 15) is 0 Å². The molecule has 0 bridgehead atoms. The van der Waals surface area contributed by atoms with Crippen molar-refractivity contribution in [3.05, 3.63) is 29.1 Å². The van der Waals surface area contributed by atoms with E-state index >= 15 is 0 Å². The molecule has 1 aromatic heterocycles. The lowest BCUT2D eigenvalue weighted by molar-refractivity contribution is 0.602. The van der Waals surface area contributed by atoms with Crippen LogP contribution in [0.5, 0.6) is 0 Å². The van der Waals surface area contributed by atoms with Crippen molar-refractivity contribution < 1.29 is 0 Å². The third-order valence-electron chi connectivity index (χ3n) is 2.79. The maximum Gasteiger partial charge on any atom is 0.0378 e. The predicted octanol–water partition coefficient (Wildman–Crippen LogP) is 1.99. The second-order valence-electron chi connectivity index (χ2n) is 4.26. The van der Waals surface area contributed by atoms with Crippen LogP contribution in [0.3, 0.4) is 0 Å². The van der Waals surface area contributed by atoms with Gasteiger partial charge in [-0.1, -0.05) is 0 Å². The smallest absolute Gasteiger partial charge is 0.0378 e. The lowest BCUT2D eigenvalue weighted by atomic mass is 10.0. The third-order valence-corrected chi connectivity index (χ3v) is 2.79. The highest BCUT2D eigenvalue weighted by atomic mass is 14.9. The summed E-state index contributed by atoms with van der Waals surface area (Å²) in [6.07, 6.45) is 3.80. The van der Waals surface area contributed by atoms with Crippen LogP contribution in [-0.4, -0.2) is 17.6 Å². The Kier molecular flexibility index (Phi) is 2.82. The van der Waals surface area contributed by atoms with Crippen LogP contribution in [0, 0.1) is 13.8 Å². The average molecular weight is 190 g/mol. The zero-order valence-electron chi connectivity index (χ0n) is 9.01. The molecule has 0 spiro atoms. The number of nitrogens with zero attached hydrogens (tertiary/aromatic N) is 1. The molecule has 14 heavy (non-hydrogen) atoms. The fourth-order valence-electron chi connectivity index (χ4n) is 2.25. The molecule has 76 valence electrons. The fourth-order valence-corrected chi connectivity index (χ4v) is 2.25. The van der Waals surface area contributed by atoms with Gasteiger partial charge in [0.25, 0.3) is 0 Å². The average Bonchev–Trinajstić information content (AvgIpc) is 2.54. The van der Waals surface area contributed by atoms with Gasteiger partial charge >= 0.3 is 0 Å². The summed E-state index contributed by atoms with van der Waals surface area (Å²) in [5.74, 6) is 0. The fraction of sp³-hybridized carbons (Fsp3) is 0.583. The lowest BCUT2D eigenvalue weighted by Crippen LogP contribution is -2.23. The number of hydrogen-bond acceptors (Lipinski definition) is 2. The Bertz CT molecular complexity index is 294. The van der Waals surface area contributed by atoms with Gasteiger partial charge in [-0.25, -0.2) is 0 Å². The minimum absolute atomic E-state index is 0.691. The van der Waals surface area contributed by atoms with Gasteiger partial charge in [-0.05, 0) is 57.4 Å². The second-order valence-corrected chi connectivity index (χ2v) is 4.26. The summed E-state index contributed by atoms with van der Waals surface area (Å²) in [6.45, 7) is 5.32. The summed E-state index contributed by atoms with van der Waals surface area (Å²) < 4.78 is 0. The zero-order valence-corrected chi connectivity index (χ0v) is 9.01. The van der Waals surface area contributed by atoms with E-state index in [1.54, 1.807) is 0 Å². The molecule has 1 aliphatic rings. The molecule has 1 fully saturated rings. The van der Waals surface area contributed by atoms with Crippen LogP contribution >= 0.6 is 0 Å². The Labute approximate surface area is 85.7 Å². The van der Waals surface area contributed by atoms with Gasteiger partial charge in [-0.15, -0.1) is 0 Å². The van der Waals surface area contributed by atoms with Crippen molar-refractivity contribution in [2.24, 2.45) is 0 Å². The van der Waals surface area contributed by atoms with Crippen LogP contribution in [0.25, 0.3) is 0 Å². The van der Waals surface area contributed by atoms with Crippen LogP contribution in [0.4, 0.5) is 0 Å². The molecule has 1 atom stereocenters. The van der Waals surface area contributed by atoms with Gasteiger partial charge in [0.2, 0.25) is 0 Å². The highest BCUT2D eigenvalue weighted by molar-refractivity contribution is 5.21. The first-order valence-corrected chi connectivity index (χ1v) is 5.41. The Hall–Kier alpha value is -0.890. The monoisotopic (exact) mass is 190 g/mol. The van der Waals surface area contributed by atoms with Gasteiger partial charge in [0, 0.05) is 17.4 Å². The third kappa shape index (κ3) is 2.32. The summed E-state index contributed by atoms with van der Waals surface area (Å²) >= 11 is 0.